The molecular weight excluding hydrogens is 382 g/mol. The summed E-state index contributed by atoms with van der Waals surface area (Å²) in [5, 5.41) is 7.80. The van der Waals surface area contributed by atoms with E-state index in [9.17, 15) is 4.79 Å². The zero-order chi connectivity index (χ0) is 20.5. The number of rotatable bonds is 6. The molecule has 0 saturated carbocycles. The van der Waals surface area contributed by atoms with E-state index in [1.165, 1.54) is 18.4 Å². The highest BCUT2D eigenvalue weighted by molar-refractivity contribution is 7.07. The van der Waals surface area contributed by atoms with Crippen LogP contribution in [-0.2, 0) is 4.79 Å². The lowest BCUT2D eigenvalue weighted by Crippen LogP contribution is -2.54. The van der Waals surface area contributed by atoms with Gasteiger partial charge in [-0.3, -0.25) is 14.7 Å². The summed E-state index contributed by atoms with van der Waals surface area (Å²) in [6.07, 6.45) is 4.84. The van der Waals surface area contributed by atoms with Crippen LogP contribution in [0.5, 0.6) is 0 Å². The van der Waals surface area contributed by atoms with Crippen molar-refractivity contribution in [1.82, 2.24) is 20.0 Å². The maximum atomic E-state index is 12.7. The van der Waals surface area contributed by atoms with E-state index < -0.39 is 0 Å². The maximum absolute atomic E-state index is 12.7. The first-order valence-electron chi connectivity index (χ1n) is 11.2. The quantitative estimate of drug-likeness (QED) is 0.569. The zero-order valence-electron chi connectivity index (χ0n) is 18.1. The first-order valence-corrected chi connectivity index (χ1v) is 12.2. The Hall–Kier alpha value is -1.60. The number of carbonyl (C=O) groups is 1. The molecule has 0 spiro atoms. The average Bonchev–Trinajstić information content (AvgIpc) is 3.14. The molecule has 0 radical (unpaired) electrons. The number of guanidine groups is 1. The second-order valence-corrected chi connectivity index (χ2v) is 8.99. The number of nitrogens with zero attached hydrogens (tertiary/aromatic N) is 4. The van der Waals surface area contributed by atoms with Gasteiger partial charge in [0.05, 0.1) is 6.54 Å². The van der Waals surface area contributed by atoms with Crippen LogP contribution in [0.3, 0.4) is 0 Å². The number of piperazine rings is 1. The molecule has 0 aromatic carbocycles. The van der Waals surface area contributed by atoms with Gasteiger partial charge in [0.1, 0.15) is 0 Å². The van der Waals surface area contributed by atoms with Gasteiger partial charge >= 0.3 is 0 Å². The summed E-state index contributed by atoms with van der Waals surface area (Å²) in [5.41, 5.74) is 1.37. The molecule has 2 aliphatic rings. The van der Waals surface area contributed by atoms with Crippen LogP contribution in [0, 0.1) is 0 Å². The molecule has 29 heavy (non-hydrogen) atoms. The maximum Gasteiger partial charge on any atom is 0.236 e. The molecule has 3 rings (SSSR count). The first-order chi connectivity index (χ1) is 14.2. The fourth-order valence-corrected chi connectivity index (χ4v) is 4.82. The summed E-state index contributed by atoms with van der Waals surface area (Å²) >= 11 is 1.75. The van der Waals surface area contributed by atoms with Gasteiger partial charge in [-0.2, -0.15) is 11.3 Å². The van der Waals surface area contributed by atoms with E-state index in [0.717, 1.165) is 71.2 Å². The van der Waals surface area contributed by atoms with Crippen molar-refractivity contribution in [3.8, 4) is 0 Å². The van der Waals surface area contributed by atoms with Crippen molar-refractivity contribution < 1.29 is 4.79 Å². The van der Waals surface area contributed by atoms with Crippen molar-refractivity contribution in [2.45, 2.75) is 45.4 Å². The fraction of sp³-hybridized carbons (Fsp3) is 0.727. The van der Waals surface area contributed by atoms with Crippen LogP contribution in [0.2, 0.25) is 0 Å². The lowest BCUT2D eigenvalue weighted by atomic mass is 10.1. The molecule has 162 valence electrons. The van der Waals surface area contributed by atoms with E-state index in [1.54, 1.807) is 11.3 Å². The van der Waals surface area contributed by atoms with Crippen LogP contribution >= 0.6 is 11.3 Å². The fourth-order valence-electron chi connectivity index (χ4n) is 4.04. The van der Waals surface area contributed by atoms with Gasteiger partial charge in [0.2, 0.25) is 5.91 Å². The number of aliphatic imine (C=N–C) groups is 1. The highest BCUT2D eigenvalue weighted by Crippen LogP contribution is 2.18. The van der Waals surface area contributed by atoms with Gasteiger partial charge in [0, 0.05) is 58.3 Å². The molecule has 1 aromatic rings. The highest BCUT2D eigenvalue weighted by atomic mass is 32.1. The van der Waals surface area contributed by atoms with Gasteiger partial charge in [0.15, 0.2) is 5.96 Å². The largest absolute Gasteiger partial charge is 0.357 e. The Bertz CT molecular complexity index is 632. The third kappa shape index (κ3) is 6.71. The Kier molecular flexibility index (Phi) is 8.80. The second kappa shape index (κ2) is 11.6. The number of likely N-dealkylation sites (tertiary alicyclic amines) is 1. The predicted octanol–water partition coefficient (Wildman–Crippen LogP) is 2.84. The van der Waals surface area contributed by atoms with E-state index in [2.05, 4.69) is 50.7 Å². The zero-order valence-corrected chi connectivity index (χ0v) is 18.9. The van der Waals surface area contributed by atoms with Gasteiger partial charge < -0.3 is 15.1 Å². The van der Waals surface area contributed by atoms with Crippen LogP contribution in [0.15, 0.2) is 21.8 Å². The molecule has 3 heterocycles. The van der Waals surface area contributed by atoms with Crippen LogP contribution < -0.4 is 5.32 Å². The van der Waals surface area contributed by atoms with E-state index in [4.69, 9.17) is 4.99 Å². The van der Waals surface area contributed by atoms with Crippen molar-refractivity contribution in [2.24, 2.45) is 4.99 Å². The summed E-state index contributed by atoms with van der Waals surface area (Å²) in [6, 6.07) is 2.19. The topological polar surface area (TPSA) is 51.2 Å². The molecule has 0 bridgehead atoms. The standard InChI is InChI=1S/C22H37N5OS/c1-3-23-22(24-16-19(2)20-8-15-29-18-20)27-13-11-25(12-14-27)17-21(28)26-9-6-4-5-7-10-26/h8,15,18-19H,3-7,9-14,16-17H2,1-2H3,(H,23,24). The summed E-state index contributed by atoms with van der Waals surface area (Å²) in [5.74, 6) is 1.75. The van der Waals surface area contributed by atoms with Crippen LogP contribution in [-0.4, -0.2) is 85.5 Å². The van der Waals surface area contributed by atoms with Gasteiger partial charge in [0.25, 0.3) is 0 Å². The number of nitrogens with one attached hydrogen (secondary N) is 1. The number of amides is 1. The summed E-state index contributed by atoms with van der Waals surface area (Å²) < 4.78 is 0. The summed E-state index contributed by atoms with van der Waals surface area (Å²) in [4.78, 5) is 24.3. The van der Waals surface area contributed by atoms with Crippen molar-refractivity contribution in [3.05, 3.63) is 22.4 Å². The molecule has 1 unspecified atom stereocenters. The van der Waals surface area contributed by atoms with Gasteiger partial charge in [-0.25, -0.2) is 0 Å². The van der Waals surface area contributed by atoms with Gasteiger partial charge in [-0.05, 0) is 42.2 Å². The number of hydrogen-bond acceptors (Lipinski definition) is 4. The van der Waals surface area contributed by atoms with Crippen LogP contribution in [0.4, 0.5) is 0 Å². The van der Waals surface area contributed by atoms with Gasteiger partial charge in [-0.15, -0.1) is 0 Å². The Morgan fingerprint density at radius 3 is 2.45 bits per heavy atom. The second-order valence-electron chi connectivity index (χ2n) is 8.21. The predicted molar refractivity (Wildman–Crippen MR) is 122 cm³/mol. The Morgan fingerprint density at radius 2 is 1.83 bits per heavy atom. The normalized spacial score (nSPS) is 20.4. The van der Waals surface area contributed by atoms with Crippen molar-refractivity contribution in [1.29, 1.82) is 0 Å². The number of carbonyl (C=O) groups excluding carboxylic acids is 1. The molecule has 7 heteroatoms. The molecule has 2 saturated heterocycles. The summed E-state index contributed by atoms with van der Waals surface area (Å²) in [6.45, 7) is 12.2. The minimum Gasteiger partial charge on any atom is -0.357 e. The molecule has 6 nitrogen and oxygen atoms in total. The van der Waals surface area contributed by atoms with E-state index >= 15 is 0 Å². The van der Waals surface area contributed by atoms with E-state index in [-0.39, 0.29) is 0 Å². The summed E-state index contributed by atoms with van der Waals surface area (Å²) in [7, 11) is 0. The third-order valence-electron chi connectivity index (χ3n) is 5.95. The average molecular weight is 420 g/mol. The minimum atomic E-state index is 0.311. The van der Waals surface area contributed by atoms with Crippen molar-refractivity contribution >= 4 is 23.2 Å². The van der Waals surface area contributed by atoms with Crippen LogP contribution in [0.1, 0.15) is 51.0 Å². The first kappa shape index (κ1) is 22.1. The minimum absolute atomic E-state index is 0.311. The molecule has 2 aliphatic heterocycles. The van der Waals surface area contributed by atoms with Crippen molar-refractivity contribution in [2.75, 3.05) is 58.9 Å². The van der Waals surface area contributed by atoms with E-state index in [1.807, 2.05) is 0 Å². The Labute approximate surface area is 180 Å². The van der Waals surface area contributed by atoms with Crippen molar-refractivity contribution in [3.63, 3.8) is 0 Å². The number of thiophene rings is 1. The van der Waals surface area contributed by atoms with E-state index in [0.29, 0.717) is 18.4 Å². The molecule has 1 N–H and O–H groups in total. The van der Waals surface area contributed by atoms with Gasteiger partial charge in [-0.1, -0.05) is 19.8 Å². The molecule has 2 fully saturated rings. The molecule has 0 aliphatic carbocycles. The Morgan fingerprint density at radius 1 is 1.10 bits per heavy atom. The SMILES string of the molecule is CCNC(=NCC(C)c1ccsc1)N1CCN(CC(=O)N2CCCCCC2)CC1. The third-order valence-corrected chi connectivity index (χ3v) is 6.65. The molecule has 1 amide bonds. The lowest BCUT2D eigenvalue weighted by molar-refractivity contribution is -0.132. The lowest BCUT2D eigenvalue weighted by Gasteiger charge is -2.37. The smallest absolute Gasteiger partial charge is 0.236 e. The molecular formula is C22H37N5OS. The highest BCUT2D eigenvalue weighted by Gasteiger charge is 2.23. The molecule has 1 atom stereocenters. The molecule has 1 aromatic heterocycles. The monoisotopic (exact) mass is 419 g/mol. The number of hydrogen-bond donors (Lipinski definition) is 1. The van der Waals surface area contributed by atoms with Crippen LogP contribution in [0.25, 0.3) is 0 Å². The Balaban J connectivity index is 1.47.